The number of allylic oxidation sites excluding steroid dienone is 2. The summed E-state index contributed by atoms with van der Waals surface area (Å²) in [5.74, 6) is -2.15. The van der Waals surface area contributed by atoms with Crippen molar-refractivity contribution in [3.8, 4) is 23.0 Å². The van der Waals surface area contributed by atoms with Gasteiger partial charge in [0.2, 0.25) is 0 Å². The zero-order chi connectivity index (χ0) is 24.9. The number of hydrogen-bond donors (Lipinski definition) is 1. The number of ether oxygens (including phenoxy) is 3. The number of ketones is 2. The van der Waals surface area contributed by atoms with E-state index in [0.717, 1.165) is 0 Å². The molecule has 28 heavy (non-hydrogen) atoms. The summed E-state index contributed by atoms with van der Waals surface area (Å²) < 4.78 is 55.2. The van der Waals surface area contributed by atoms with Crippen LogP contribution >= 0.6 is 0 Å². The molecule has 2 aromatic carbocycles. The molecule has 1 atom stereocenters. The van der Waals surface area contributed by atoms with Crippen LogP contribution in [-0.4, -0.2) is 38.0 Å². The van der Waals surface area contributed by atoms with Crippen LogP contribution in [0.4, 0.5) is 0 Å². The topological polar surface area (TPSA) is 82.1 Å². The summed E-state index contributed by atoms with van der Waals surface area (Å²) in [6.45, 7) is 0. The molecule has 2 rings (SSSR count). The van der Waals surface area contributed by atoms with Crippen LogP contribution in [0.5, 0.6) is 23.0 Å². The molecule has 6 nitrogen and oxygen atoms in total. The molecule has 146 valence electrons. The first-order valence-electron chi connectivity index (χ1n) is 10.6. The van der Waals surface area contributed by atoms with Crippen molar-refractivity contribution in [1.82, 2.24) is 0 Å². The Morgan fingerprint density at radius 1 is 0.893 bits per heavy atom. The van der Waals surface area contributed by atoms with Gasteiger partial charge in [-0.25, -0.2) is 0 Å². The number of rotatable bonds is 9. The minimum Gasteiger partial charge on any atom is -0.504 e. The smallest absolute Gasteiger partial charge is 0.163 e. The van der Waals surface area contributed by atoms with Gasteiger partial charge in [0.1, 0.15) is 0 Å². The number of hydrogen-bond acceptors (Lipinski definition) is 6. The molecule has 0 amide bonds. The molecule has 0 saturated carbocycles. The summed E-state index contributed by atoms with van der Waals surface area (Å²) in [5.41, 5.74) is 0.181. The van der Waals surface area contributed by atoms with E-state index in [2.05, 4.69) is 0 Å². The zero-order valence-electron chi connectivity index (χ0n) is 20.5. The largest absolute Gasteiger partial charge is 0.504 e. The predicted molar refractivity (Wildman–Crippen MR) is 107 cm³/mol. The van der Waals surface area contributed by atoms with Crippen molar-refractivity contribution in [1.29, 1.82) is 0 Å². The lowest BCUT2D eigenvalue weighted by Crippen LogP contribution is -2.01. The van der Waals surface area contributed by atoms with Crippen molar-refractivity contribution < 1.29 is 35.8 Å². The summed E-state index contributed by atoms with van der Waals surface area (Å²) in [6.07, 6.45) is -2.20. The minimum atomic E-state index is -2.20. The normalized spacial score (nSPS) is 16.0. The fraction of sp³-hybridized carbons (Fsp3) is 0.182. The third kappa shape index (κ3) is 5.74. The summed E-state index contributed by atoms with van der Waals surface area (Å²) in [6, 6.07) is 5.02. The lowest BCUT2D eigenvalue weighted by atomic mass is 10.1. The van der Waals surface area contributed by atoms with Gasteiger partial charge < -0.3 is 19.3 Å². The van der Waals surface area contributed by atoms with Gasteiger partial charge in [-0.05, 0) is 47.5 Å². The number of methoxy groups -OCH3 is 3. The van der Waals surface area contributed by atoms with E-state index in [1.165, 1.54) is 57.7 Å². The number of benzene rings is 2. The third-order valence-electron chi connectivity index (χ3n) is 3.49. The van der Waals surface area contributed by atoms with Gasteiger partial charge in [-0.15, -0.1) is 0 Å². The van der Waals surface area contributed by atoms with E-state index in [9.17, 15) is 14.7 Å². The number of carbonyl (C=O) groups is 2. The summed E-state index contributed by atoms with van der Waals surface area (Å²) in [5, 5.41) is 9.65. The fourth-order valence-electron chi connectivity index (χ4n) is 2.13. The molecular weight excluding hydrogens is 360 g/mol. The van der Waals surface area contributed by atoms with Crippen LogP contribution in [-0.2, 0) is 9.59 Å². The van der Waals surface area contributed by atoms with Crippen molar-refractivity contribution in [2.24, 2.45) is 0 Å². The molecule has 0 aromatic heterocycles. The number of carbonyl (C=O) groups excluding carboxylic acids is 2. The second-order valence-electron chi connectivity index (χ2n) is 5.33. The van der Waals surface area contributed by atoms with Crippen LogP contribution in [0.15, 0.2) is 48.5 Å². The molecule has 6 heteroatoms. The Bertz CT molecular complexity index is 1140. The Morgan fingerprint density at radius 3 is 1.93 bits per heavy atom. The highest BCUT2D eigenvalue weighted by molar-refractivity contribution is 6.10. The molecule has 1 unspecified atom stereocenters. The first kappa shape index (κ1) is 14.5. The molecule has 0 aliphatic carbocycles. The van der Waals surface area contributed by atoms with Gasteiger partial charge in [-0.3, -0.25) is 9.59 Å². The highest BCUT2D eigenvalue weighted by Gasteiger charge is 2.06. The molecular formula is C22H22O6. The minimum absolute atomic E-state index is 0.0149. The van der Waals surface area contributed by atoms with Crippen LogP contribution in [0, 0.1) is 0 Å². The second kappa shape index (κ2) is 9.97. The van der Waals surface area contributed by atoms with Gasteiger partial charge >= 0.3 is 0 Å². The molecule has 1 N–H and O–H groups in total. The third-order valence-corrected chi connectivity index (χ3v) is 3.49. The molecule has 0 fully saturated rings. The van der Waals surface area contributed by atoms with Crippen LogP contribution in [0.2, 0.25) is 0 Å². The van der Waals surface area contributed by atoms with Crippen molar-refractivity contribution in [2.45, 2.75) is 6.40 Å². The standard InChI is InChI=1S/C22H22O6/c1-26-20-11-7-16(13-22(20)28-3)5-9-18(24)14-17(23)8-4-15-6-10-19(25)21(12-15)27-2/h4-13,25H,14H2,1-3H3/b8-4+,9-5+/i4D,5D,8D,9D,14D. The average Bonchev–Trinajstić information content (AvgIpc) is 2.85. The Balaban J connectivity index is 2.35. The first-order valence-corrected chi connectivity index (χ1v) is 8.02. The molecule has 0 radical (unpaired) electrons. The monoisotopic (exact) mass is 387 g/mol. The van der Waals surface area contributed by atoms with Crippen LogP contribution in [0.1, 0.15) is 24.4 Å². The lowest BCUT2D eigenvalue weighted by Gasteiger charge is -2.07. The van der Waals surface area contributed by atoms with E-state index in [1.807, 2.05) is 0 Å². The maximum atomic E-state index is 12.5. The SMILES string of the molecule is [2H]/C(C(=O)C([2H])C(=O)/C([2H])=C(\[2H])c1ccc(OC)c(OC)c1)=C(/[2H])c1ccc(O)c(OC)c1. The Kier molecular flexibility index (Phi) is 5.16. The van der Waals surface area contributed by atoms with E-state index >= 15 is 0 Å². The van der Waals surface area contributed by atoms with Crippen LogP contribution in [0.25, 0.3) is 12.1 Å². The van der Waals surface area contributed by atoms with E-state index in [4.69, 9.17) is 21.1 Å². The van der Waals surface area contributed by atoms with E-state index in [1.54, 1.807) is 0 Å². The summed E-state index contributed by atoms with van der Waals surface area (Å²) >= 11 is 0. The van der Waals surface area contributed by atoms with E-state index in [-0.39, 0.29) is 28.4 Å². The molecule has 0 aliphatic heterocycles. The average molecular weight is 387 g/mol. The zero-order valence-corrected chi connectivity index (χ0v) is 15.5. The number of phenolic OH excluding ortho intramolecular Hbond substituents is 1. The van der Waals surface area contributed by atoms with Crippen molar-refractivity contribution in [3.63, 3.8) is 0 Å². The van der Waals surface area contributed by atoms with Crippen molar-refractivity contribution >= 4 is 23.7 Å². The van der Waals surface area contributed by atoms with Gasteiger partial charge in [0, 0.05) is 1.37 Å². The van der Waals surface area contributed by atoms with Crippen LogP contribution < -0.4 is 14.2 Å². The summed E-state index contributed by atoms with van der Waals surface area (Å²) in [7, 11) is 4.09. The predicted octanol–water partition coefficient (Wildman–Crippen LogP) is 3.67. The van der Waals surface area contributed by atoms with Gasteiger partial charge in [0.05, 0.1) is 33.2 Å². The lowest BCUT2D eigenvalue weighted by molar-refractivity contribution is -0.121. The highest BCUT2D eigenvalue weighted by atomic mass is 16.5. The Morgan fingerprint density at radius 2 is 1.39 bits per heavy atom. The van der Waals surface area contributed by atoms with Crippen LogP contribution in [0.3, 0.4) is 0 Å². The quantitative estimate of drug-likeness (QED) is 0.522. The van der Waals surface area contributed by atoms with Gasteiger partial charge in [0.25, 0.3) is 0 Å². The maximum Gasteiger partial charge on any atom is 0.163 e. The second-order valence-corrected chi connectivity index (χ2v) is 5.33. The maximum absolute atomic E-state index is 12.5. The van der Waals surface area contributed by atoms with Crippen molar-refractivity contribution in [3.05, 3.63) is 59.6 Å². The molecule has 0 heterocycles. The Hall–Kier alpha value is -3.54. The highest BCUT2D eigenvalue weighted by Crippen LogP contribution is 2.28. The molecule has 0 aliphatic rings. The van der Waals surface area contributed by atoms with Gasteiger partial charge in [0.15, 0.2) is 34.6 Å². The van der Waals surface area contributed by atoms with E-state index in [0.29, 0.717) is 5.75 Å². The van der Waals surface area contributed by atoms with Gasteiger partial charge in [-0.2, -0.15) is 0 Å². The fourth-order valence-corrected chi connectivity index (χ4v) is 2.13. The Labute approximate surface area is 170 Å². The molecule has 2 aromatic rings. The molecule has 0 bridgehead atoms. The number of aromatic hydroxyl groups is 1. The number of phenols is 1. The van der Waals surface area contributed by atoms with Gasteiger partial charge in [-0.1, -0.05) is 24.2 Å². The first-order chi connectivity index (χ1) is 15.6. The molecule has 0 spiro atoms. The summed E-state index contributed by atoms with van der Waals surface area (Å²) in [4.78, 5) is 25.0. The molecule has 0 saturated heterocycles. The van der Waals surface area contributed by atoms with E-state index < -0.39 is 42.2 Å². The van der Waals surface area contributed by atoms with Crippen molar-refractivity contribution in [2.75, 3.05) is 21.3 Å².